The van der Waals surface area contributed by atoms with Crippen molar-refractivity contribution < 1.29 is 4.39 Å². The van der Waals surface area contributed by atoms with Crippen molar-refractivity contribution in [3.05, 3.63) is 64.4 Å². The summed E-state index contributed by atoms with van der Waals surface area (Å²) in [6.07, 6.45) is 2.61. The Bertz CT molecular complexity index is 628. The lowest BCUT2D eigenvalue weighted by molar-refractivity contribution is 0.628. The number of rotatable bonds is 6. The molecule has 0 saturated heterocycles. The summed E-state index contributed by atoms with van der Waals surface area (Å²) in [6.45, 7) is 0.932. The van der Waals surface area contributed by atoms with Gasteiger partial charge < -0.3 is 5.32 Å². The van der Waals surface area contributed by atoms with Crippen molar-refractivity contribution in [3.8, 4) is 0 Å². The first-order chi connectivity index (χ1) is 10.2. The lowest BCUT2D eigenvalue weighted by Gasteiger charge is -2.07. The minimum Gasteiger partial charge on any atom is -0.310 e. The van der Waals surface area contributed by atoms with Crippen molar-refractivity contribution in [2.24, 2.45) is 0 Å². The Labute approximate surface area is 133 Å². The van der Waals surface area contributed by atoms with Crippen LogP contribution in [0.1, 0.15) is 24.0 Å². The van der Waals surface area contributed by atoms with Gasteiger partial charge in [-0.25, -0.2) is 4.39 Å². The molecule has 1 fully saturated rings. The topological polar surface area (TPSA) is 12.0 Å². The third kappa shape index (κ3) is 4.47. The fraction of sp³-hybridized carbons (Fsp3) is 0.294. The summed E-state index contributed by atoms with van der Waals surface area (Å²) in [5, 5.41) is 3.71. The monoisotopic (exact) mass is 321 g/mol. The van der Waals surface area contributed by atoms with E-state index in [-0.39, 0.29) is 10.8 Å². The molecule has 1 saturated carbocycles. The van der Waals surface area contributed by atoms with Crippen molar-refractivity contribution in [1.29, 1.82) is 0 Å². The van der Waals surface area contributed by atoms with Crippen LogP contribution in [-0.2, 0) is 12.3 Å². The molecule has 4 heteroatoms. The molecule has 3 rings (SSSR count). The zero-order valence-electron chi connectivity index (χ0n) is 11.6. The van der Waals surface area contributed by atoms with E-state index in [1.54, 1.807) is 23.9 Å². The zero-order valence-corrected chi connectivity index (χ0v) is 13.2. The van der Waals surface area contributed by atoms with Crippen LogP contribution in [0.2, 0.25) is 5.02 Å². The maximum Gasteiger partial charge on any atom is 0.141 e. The minimum atomic E-state index is -0.362. The Balaban J connectivity index is 1.58. The van der Waals surface area contributed by atoms with Gasteiger partial charge in [-0.05, 0) is 48.2 Å². The van der Waals surface area contributed by atoms with E-state index < -0.39 is 0 Å². The average molecular weight is 322 g/mol. The smallest absolute Gasteiger partial charge is 0.141 e. The van der Waals surface area contributed by atoms with Gasteiger partial charge in [-0.15, -0.1) is 11.8 Å². The van der Waals surface area contributed by atoms with E-state index in [1.807, 2.05) is 0 Å². The SMILES string of the molecule is Fc1ccc(CSc2cccc(CNC3CC3)c2)cc1Cl. The fourth-order valence-corrected chi connectivity index (χ4v) is 3.22. The summed E-state index contributed by atoms with van der Waals surface area (Å²) in [5.74, 6) is 0.429. The van der Waals surface area contributed by atoms with Gasteiger partial charge in [0.2, 0.25) is 0 Å². The summed E-state index contributed by atoms with van der Waals surface area (Å²) in [5.41, 5.74) is 2.34. The molecule has 0 aromatic heterocycles. The molecule has 0 bridgehead atoms. The summed E-state index contributed by atoms with van der Waals surface area (Å²) in [7, 11) is 0. The van der Waals surface area contributed by atoms with Crippen LogP contribution in [0.15, 0.2) is 47.4 Å². The molecule has 0 unspecified atom stereocenters. The molecular formula is C17H17ClFNS. The van der Waals surface area contributed by atoms with Crippen LogP contribution >= 0.6 is 23.4 Å². The first-order valence-corrected chi connectivity index (χ1v) is 8.46. The third-order valence-electron chi connectivity index (χ3n) is 3.46. The van der Waals surface area contributed by atoms with E-state index in [2.05, 4.69) is 29.6 Å². The molecule has 0 aliphatic heterocycles. The molecule has 2 aromatic rings. The molecule has 0 amide bonds. The van der Waals surface area contributed by atoms with E-state index in [9.17, 15) is 4.39 Å². The summed E-state index contributed by atoms with van der Waals surface area (Å²) in [6, 6.07) is 14.2. The maximum absolute atomic E-state index is 13.1. The second-order valence-corrected chi connectivity index (χ2v) is 6.80. The highest BCUT2D eigenvalue weighted by molar-refractivity contribution is 7.98. The van der Waals surface area contributed by atoms with Crippen molar-refractivity contribution >= 4 is 23.4 Å². The normalized spacial score (nSPS) is 14.4. The highest BCUT2D eigenvalue weighted by Gasteiger charge is 2.19. The fourth-order valence-electron chi connectivity index (χ4n) is 2.09. The standard InChI is InChI=1S/C17H17ClFNS/c18-16-9-13(4-7-17(16)19)11-21-15-3-1-2-12(8-15)10-20-14-5-6-14/h1-4,7-9,14,20H,5-6,10-11H2. The number of benzene rings is 2. The predicted octanol–water partition coefficient (Wildman–Crippen LogP) is 5.02. The Morgan fingerprint density at radius 1 is 1.14 bits per heavy atom. The van der Waals surface area contributed by atoms with Gasteiger partial charge >= 0.3 is 0 Å². The molecule has 21 heavy (non-hydrogen) atoms. The Morgan fingerprint density at radius 2 is 2.00 bits per heavy atom. The van der Waals surface area contributed by atoms with Crippen molar-refractivity contribution in [2.75, 3.05) is 0 Å². The van der Waals surface area contributed by atoms with Gasteiger partial charge in [0.25, 0.3) is 0 Å². The van der Waals surface area contributed by atoms with Crippen LogP contribution in [0.3, 0.4) is 0 Å². The average Bonchev–Trinajstić information content (AvgIpc) is 3.31. The first kappa shape index (κ1) is 14.9. The molecule has 0 atom stereocenters. The first-order valence-electron chi connectivity index (χ1n) is 7.10. The number of hydrogen-bond donors (Lipinski definition) is 1. The van der Waals surface area contributed by atoms with Crippen LogP contribution in [0.4, 0.5) is 4.39 Å². The van der Waals surface area contributed by atoms with Crippen LogP contribution in [0.25, 0.3) is 0 Å². The van der Waals surface area contributed by atoms with Gasteiger partial charge in [0.1, 0.15) is 5.82 Å². The van der Waals surface area contributed by atoms with E-state index in [1.165, 1.54) is 29.4 Å². The highest BCUT2D eigenvalue weighted by atomic mass is 35.5. The molecular weight excluding hydrogens is 305 g/mol. The van der Waals surface area contributed by atoms with Crippen LogP contribution in [0, 0.1) is 5.82 Å². The van der Waals surface area contributed by atoms with Gasteiger partial charge in [-0.3, -0.25) is 0 Å². The van der Waals surface area contributed by atoms with Gasteiger partial charge in [0.05, 0.1) is 5.02 Å². The number of thioether (sulfide) groups is 1. The number of halogens is 2. The molecule has 110 valence electrons. The molecule has 1 aliphatic carbocycles. The zero-order chi connectivity index (χ0) is 14.7. The van der Waals surface area contributed by atoms with Gasteiger partial charge in [-0.1, -0.05) is 29.8 Å². The Hall–Kier alpha value is -1.03. The minimum absolute atomic E-state index is 0.190. The van der Waals surface area contributed by atoms with Crippen molar-refractivity contribution in [1.82, 2.24) is 5.32 Å². The Morgan fingerprint density at radius 3 is 2.76 bits per heavy atom. The van der Waals surface area contributed by atoms with E-state index in [0.717, 1.165) is 23.9 Å². The molecule has 1 aliphatic rings. The molecule has 1 nitrogen and oxygen atoms in total. The lowest BCUT2D eigenvalue weighted by Crippen LogP contribution is -2.15. The molecule has 2 aromatic carbocycles. The second-order valence-electron chi connectivity index (χ2n) is 5.34. The van der Waals surface area contributed by atoms with Crippen LogP contribution in [-0.4, -0.2) is 6.04 Å². The van der Waals surface area contributed by atoms with Gasteiger partial charge in [0, 0.05) is 23.2 Å². The van der Waals surface area contributed by atoms with E-state index in [0.29, 0.717) is 0 Å². The van der Waals surface area contributed by atoms with Crippen LogP contribution in [0.5, 0.6) is 0 Å². The number of nitrogens with one attached hydrogen (secondary N) is 1. The van der Waals surface area contributed by atoms with Crippen molar-refractivity contribution in [3.63, 3.8) is 0 Å². The van der Waals surface area contributed by atoms with Gasteiger partial charge in [-0.2, -0.15) is 0 Å². The Kier molecular flexibility index (Phi) is 4.84. The summed E-state index contributed by atoms with van der Waals surface area (Å²) < 4.78 is 13.1. The molecule has 1 N–H and O–H groups in total. The van der Waals surface area contributed by atoms with Crippen molar-refractivity contribution in [2.45, 2.75) is 36.1 Å². The predicted molar refractivity (Wildman–Crippen MR) is 87.3 cm³/mol. The summed E-state index contributed by atoms with van der Waals surface area (Å²) in [4.78, 5) is 1.23. The third-order valence-corrected chi connectivity index (χ3v) is 4.81. The highest BCUT2D eigenvalue weighted by Crippen LogP contribution is 2.26. The molecule has 0 radical (unpaired) electrons. The van der Waals surface area contributed by atoms with Crippen LogP contribution < -0.4 is 5.32 Å². The number of hydrogen-bond acceptors (Lipinski definition) is 2. The van der Waals surface area contributed by atoms with E-state index in [4.69, 9.17) is 11.6 Å². The lowest BCUT2D eigenvalue weighted by atomic mass is 10.2. The summed E-state index contributed by atoms with van der Waals surface area (Å²) >= 11 is 7.55. The molecule has 0 spiro atoms. The maximum atomic E-state index is 13.1. The largest absolute Gasteiger partial charge is 0.310 e. The van der Waals surface area contributed by atoms with Gasteiger partial charge in [0.15, 0.2) is 0 Å². The second kappa shape index (κ2) is 6.82. The quantitative estimate of drug-likeness (QED) is 0.749. The molecule has 0 heterocycles. The van der Waals surface area contributed by atoms with E-state index >= 15 is 0 Å².